The van der Waals surface area contributed by atoms with Crippen LogP contribution in [0.15, 0.2) is 54.7 Å². The molecule has 2 N–H and O–H groups in total. The molecule has 1 aliphatic rings. The molecule has 26 heavy (non-hydrogen) atoms. The molecule has 2 heterocycles. The molecule has 0 saturated carbocycles. The molecule has 134 valence electrons. The number of likely N-dealkylation sites (tertiary alicyclic amines) is 1. The summed E-state index contributed by atoms with van der Waals surface area (Å²) in [6.45, 7) is 4.54. The lowest BCUT2D eigenvalue weighted by Crippen LogP contribution is -3.13. The Labute approximate surface area is 159 Å². The molecular formula is C22H24ClN2O+. The van der Waals surface area contributed by atoms with Gasteiger partial charge in [0.1, 0.15) is 11.6 Å². The molecule has 2 aromatic carbocycles. The molecule has 1 fully saturated rings. The normalized spacial score (nSPS) is 21.6. The third kappa shape index (κ3) is 3.29. The number of nitrogens with one attached hydrogen (secondary N) is 1. The van der Waals surface area contributed by atoms with Gasteiger partial charge in [-0.1, -0.05) is 42.8 Å². The van der Waals surface area contributed by atoms with Crippen LogP contribution in [0.25, 0.3) is 10.9 Å². The fourth-order valence-corrected chi connectivity index (χ4v) is 4.22. The van der Waals surface area contributed by atoms with Crippen LogP contribution in [0.3, 0.4) is 0 Å². The third-order valence-corrected chi connectivity index (χ3v) is 5.87. The van der Waals surface area contributed by atoms with E-state index in [9.17, 15) is 5.11 Å². The lowest BCUT2D eigenvalue weighted by Gasteiger charge is -2.34. The van der Waals surface area contributed by atoms with Crippen LogP contribution in [0.5, 0.6) is 5.75 Å². The van der Waals surface area contributed by atoms with Gasteiger partial charge >= 0.3 is 0 Å². The van der Waals surface area contributed by atoms with Crippen molar-refractivity contribution in [2.75, 3.05) is 13.1 Å². The number of fused-ring (bicyclic) bond motifs is 1. The Morgan fingerprint density at radius 1 is 1.08 bits per heavy atom. The van der Waals surface area contributed by atoms with E-state index in [1.54, 1.807) is 6.20 Å². The number of benzene rings is 2. The molecule has 4 heteroatoms. The standard InChI is InChI=1S/C22H23ClN2O/c1-15-10-13-25(14-11-15)21(17-4-7-18(23)8-5-17)19-9-6-16-3-2-12-24-20(16)22(19)26/h2-9,12,15,21,26H,10-11,13-14H2,1H3/p+1/t21-/m0/s1. The van der Waals surface area contributed by atoms with Crippen molar-refractivity contribution in [3.8, 4) is 5.75 Å². The molecule has 1 saturated heterocycles. The molecule has 4 rings (SSSR count). The molecule has 0 radical (unpaired) electrons. The lowest BCUT2D eigenvalue weighted by molar-refractivity contribution is -0.931. The molecule has 3 nitrogen and oxygen atoms in total. The van der Waals surface area contributed by atoms with Crippen molar-refractivity contribution in [1.82, 2.24) is 4.98 Å². The maximum absolute atomic E-state index is 11.0. The van der Waals surface area contributed by atoms with Crippen LogP contribution in [-0.4, -0.2) is 23.2 Å². The minimum Gasteiger partial charge on any atom is -0.505 e. The summed E-state index contributed by atoms with van der Waals surface area (Å²) in [6.07, 6.45) is 4.16. The van der Waals surface area contributed by atoms with Crippen molar-refractivity contribution in [2.45, 2.75) is 25.8 Å². The number of hydrogen-bond donors (Lipinski definition) is 2. The zero-order valence-electron chi connectivity index (χ0n) is 15.0. The molecule has 0 unspecified atom stereocenters. The smallest absolute Gasteiger partial charge is 0.151 e. The highest BCUT2D eigenvalue weighted by molar-refractivity contribution is 6.30. The second-order valence-electron chi connectivity index (χ2n) is 7.40. The van der Waals surface area contributed by atoms with Crippen molar-refractivity contribution >= 4 is 22.5 Å². The van der Waals surface area contributed by atoms with Crippen molar-refractivity contribution < 1.29 is 10.0 Å². The summed E-state index contributed by atoms with van der Waals surface area (Å²) in [6, 6.07) is 16.1. The first-order valence-corrected chi connectivity index (χ1v) is 9.68. The van der Waals surface area contributed by atoms with Crippen LogP contribution in [0.4, 0.5) is 0 Å². The highest BCUT2D eigenvalue weighted by Gasteiger charge is 2.32. The van der Waals surface area contributed by atoms with Gasteiger partial charge in [-0.15, -0.1) is 0 Å². The zero-order chi connectivity index (χ0) is 18.1. The SMILES string of the molecule is CC1CC[NH+]([C@@H](c2ccc(Cl)cc2)c2ccc3cccnc3c2O)CC1. The van der Waals surface area contributed by atoms with E-state index in [4.69, 9.17) is 11.6 Å². The van der Waals surface area contributed by atoms with E-state index < -0.39 is 0 Å². The minimum absolute atomic E-state index is 0.0890. The minimum atomic E-state index is 0.0890. The number of halogens is 1. The maximum atomic E-state index is 11.0. The topological polar surface area (TPSA) is 37.6 Å². The Morgan fingerprint density at radius 2 is 1.81 bits per heavy atom. The van der Waals surface area contributed by atoms with Gasteiger partial charge in [0.15, 0.2) is 5.75 Å². The number of phenols is 1. The fourth-order valence-electron chi connectivity index (χ4n) is 4.09. The van der Waals surface area contributed by atoms with Gasteiger partial charge < -0.3 is 10.0 Å². The largest absolute Gasteiger partial charge is 0.505 e. The Morgan fingerprint density at radius 3 is 2.54 bits per heavy atom. The first kappa shape index (κ1) is 17.3. The second kappa shape index (κ2) is 7.26. The van der Waals surface area contributed by atoms with E-state index in [2.05, 4.69) is 36.2 Å². The summed E-state index contributed by atoms with van der Waals surface area (Å²) >= 11 is 6.11. The van der Waals surface area contributed by atoms with E-state index in [1.165, 1.54) is 23.3 Å². The lowest BCUT2D eigenvalue weighted by atomic mass is 9.91. The maximum Gasteiger partial charge on any atom is 0.151 e. The Balaban J connectivity index is 1.82. The summed E-state index contributed by atoms with van der Waals surface area (Å²) in [5.74, 6) is 1.07. The van der Waals surface area contributed by atoms with Crippen LogP contribution < -0.4 is 4.90 Å². The van der Waals surface area contributed by atoms with Gasteiger partial charge in [-0.05, 0) is 43.0 Å². The van der Waals surface area contributed by atoms with Crippen LogP contribution >= 0.6 is 11.6 Å². The Hall–Kier alpha value is -2.10. The summed E-state index contributed by atoms with van der Waals surface area (Å²) < 4.78 is 0. The van der Waals surface area contributed by atoms with Crippen LogP contribution in [-0.2, 0) is 0 Å². The van der Waals surface area contributed by atoms with E-state index in [0.29, 0.717) is 11.3 Å². The molecule has 0 amide bonds. The highest BCUT2D eigenvalue weighted by Crippen LogP contribution is 2.33. The number of pyridine rings is 1. The molecular weight excluding hydrogens is 344 g/mol. The van der Waals surface area contributed by atoms with Gasteiger partial charge in [-0.25, -0.2) is 0 Å². The number of phenolic OH excluding ortho intramolecular Hbond substituents is 1. The van der Waals surface area contributed by atoms with Gasteiger partial charge in [-0.2, -0.15) is 0 Å². The number of piperidine rings is 1. The third-order valence-electron chi connectivity index (χ3n) is 5.62. The van der Waals surface area contributed by atoms with E-state index in [1.807, 2.05) is 24.3 Å². The Bertz CT molecular complexity index is 902. The number of rotatable bonds is 3. The second-order valence-corrected chi connectivity index (χ2v) is 7.84. The van der Waals surface area contributed by atoms with E-state index in [-0.39, 0.29) is 6.04 Å². The molecule has 0 bridgehead atoms. The van der Waals surface area contributed by atoms with E-state index in [0.717, 1.165) is 35.0 Å². The average molecular weight is 368 g/mol. The van der Waals surface area contributed by atoms with Gasteiger partial charge in [0.05, 0.1) is 18.7 Å². The molecule has 1 aromatic heterocycles. The fraction of sp³-hybridized carbons (Fsp3) is 0.318. The molecule has 0 spiro atoms. The van der Waals surface area contributed by atoms with Crippen molar-refractivity contribution in [3.63, 3.8) is 0 Å². The first-order valence-electron chi connectivity index (χ1n) is 9.30. The van der Waals surface area contributed by atoms with E-state index >= 15 is 0 Å². The van der Waals surface area contributed by atoms with Crippen LogP contribution in [0.1, 0.15) is 36.9 Å². The monoisotopic (exact) mass is 367 g/mol. The number of nitrogens with zero attached hydrogens (tertiary/aromatic N) is 1. The number of hydrogen-bond acceptors (Lipinski definition) is 2. The zero-order valence-corrected chi connectivity index (χ0v) is 15.7. The number of aromatic nitrogens is 1. The molecule has 1 aliphatic heterocycles. The Kier molecular flexibility index (Phi) is 4.84. The first-order chi connectivity index (χ1) is 12.6. The van der Waals surface area contributed by atoms with Gasteiger partial charge in [0.25, 0.3) is 0 Å². The average Bonchev–Trinajstić information content (AvgIpc) is 2.67. The van der Waals surface area contributed by atoms with Crippen molar-refractivity contribution in [2.24, 2.45) is 5.92 Å². The van der Waals surface area contributed by atoms with Gasteiger partial charge in [0.2, 0.25) is 0 Å². The summed E-state index contributed by atoms with van der Waals surface area (Å²) in [4.78, 5) is 5.90. The predicted molar refractivity (Wildman–Crippen MR) is 106 cm³/mol. The summed E-state index contributed by atoms with van der Waals surface area (Å²) in [7, 11) is 0. The summed E-state index contributed by atoms with van der Waals surface area (Å²) in [5, 5.41) is 12.7. The van der Waals surface area contributed by atoms with Crippen molar-refractivity contribution in [1.29, 1.82) is 0 Å². The molecule has 0 aliphatic carbocycles. The van der Waals surface area contributed by atoms with Crippen LogP contribution in [0.2, 0.25) is 5.02 Å². The number of aromatic hydroxyl groups is 1. The highest BCUT2D eigenvalue weighted by atomic mass is 35.5. The van der Waals surface area contributed by atoms with Gasteiger partial charge in [-0.3, -0.25) is 4.98 Å². The van der Waals surface area contributed by atoms with Crippen LogP contribution in [0, 0.1) is 5.92 Å². The van der Waals surface area contributed by atoms with Crippen molar-refractivity contribution in [3.05, 3.63) is 70.9 Å². The quantitative estimate of drug-likeness (QED) is 0.734. The van der Waals surface area contributed by atoms with Gasteiger partial charge in [0, 0.05) is 22.2 Å². The number of quaternary nitrogens is 1. The summed E-state index contributed by atoms with van der Waals surface area (Å²) in [5.41, 5.74) is 2.81. The molecule has 1 atom stereocenters. The molecule has 3 aromatic rings. The predicted octanol–water partition coefficient (Wildman–Crippen LogP) is 4.00.